The first-order valence-electron chi connectivity index (χ1n) is 8.85. The van der Waals surface area contributed by atoms with E-state index >= 15 is 0 Å². The summed E-state index contributed by atoms with van der Waals surface area (Å²) >= 11 is 0. The van der Waals surface area contributed by atoms with E-state index in [-0.39, 0.29) is 5.41 Å². The molecule has 0 aliphatic carbocycles. The monoisotopic (exact) mass is 325 g/mol. The second kappa shape index (κ2) is 7.85. The number of hydrogen-bond acceptors (Lipinski definition) is 2. The van der Waals surface area contributed by atoms with Crippen molar-refractivity contribution < 1.29 is 4.74 Å². The number of methoxy groups -OCH3 is 1. The van der Waals surface area contributed by atoms with Crippen molar-refractivity contribution in [1.82, 2.24) is 0 Å². The molecule has 1 atom stereocenters. The van der Waals surface area contributed by atoms with Gasteiger partial charge in [-0.2, -0.15) is 0 Å². The number of ether oxygens (including phenoxy) is 1. The zero-order valence-electron chi connectivity index (χ0n) is 15.7. The second-order valence-electron chi connectivity index (χ2n) is 7.51. The van der Waals surface area contributed by atoms with Crippen molar-refractivity contribution in [3.63, 3.8) is 0 Å². The molecule has 0 saturated heterocycles. The van der Waals surface area contributed by atoms with Gasteiger partial charge in [-0.15, -0.1) is 0 Å². The first-order chi connectivity index (χ1) is 11.4. The highest BCUT2D eigenvalue weighted by Crippen LogP contribution is 2.29. The van der Waals surface area contributed by atoms with Gasteiger partial charge in [-0.3, -0.25) is 0 Å². The molecule has 1 unspecified atom stereocenters. The van der Waals surface area contributed by atoms with Gasteiger partial charge >= 0.3 is 0 Å². The predicted octanol–water partition coefficient (Wildman–Crippen LogP) is 4.84. The third-order valence-electron chi connectivity index (χ3n) is 4.75. The molecule has 0 saturated carbocycles. The molecule has 2 heteroatoms. The molecule has 2 nitrogen and oxygen atoms in total. The van der Waals surface area contributed by atoms with Gasteiger partial charge in [0, 0.05) is 5.92 Å². The van der Waals surface area contributed by atoms with E-state index in [0.717, 1.165) is 18.6 Å². The highest BCUT2D eigenvalue weighted by molar-refractivity contribution is 5.39. The molecule has 0 heterocycles. The van der Waals surface area contributed by atoms with Crippen LogP contribution in [-0.2, 0) is 18.3 Å². The number of nitrogens with two attached hydrogens (primary N) is 1. The van der Waals surface area contributed by atoms with Crippen molar-refractivity contribution in [3.8, 4) is 5.75 Å². The molecule has 0 radical (unpaired) electrons. The van der Waals surface area contributed by atoms with Crippen molar-refractivity contribution in [2.45, 2.75) is 51.9 Å². The molecule has 2 aromatic carbocycles. The Hall–Kier alpha value is -1.80. The van der Waals surface area contributed by atoms with Crippen LogP contribution in [0.1, 0.15) is 55.9 Å². The lowest BCUT2D eigenvalue weighted by molar-refractivity contribution is 0.408. The van der Waals surface area contributed by atoms with Crippen LogP contribution in [0.2, 0.25) is 0 Å². The fourth-order valence-corrected chi connectivity index (χ4v) is 3.07. The summed E-state index contributed by atoms with van der Waals surface area (Å²) in [5, 5.41) is 0. The lowest BCUT2D eigenvalue weighted by Gasteiger charge is -2.22. The molecule has 2 rings (SSSR count). The number of aryl methyl sites for hydroxylation is 1. The van der Waals surface area contributed by atoms with Crippen LogP contribution in [0.25, 0.3) is 0 Å². The molecule has 0 fully saturated rings. The van der Waals surface area contributed by atoms with Gasteiger partial charge in [0.1, 0.15) is 5.75 Å². The van der Waals surface area contributed by atoms with Crippen molar-refractivity contribution in [2.75, 3.05) is 13.7 Å². The van der Waals surface area contributed by atoms with E-state index < -0.39 is 0 Å². The molecule has 2 aromatic rings. The average molecular weight is 325 g/mol. The number of hydrogen-bond donors (Lipinski definition) is 1. The first kappa shape index (κ1) is 18.5. The Morgan fingerprint density at radius 2 is 1.71 bits per heavy atom. The lowest BCUT2D eigenvalue weighted by atomic mass is 9.84. The normalized spacial score (nSPS) is 12.9. The molecule has 2 N–H and O–H groups in total. The molecule has 0 aliphatic heterocycles. The molecule has 0 bridgehead atoms. The Bertz CT molecular complexity index is 653. The van der Waals surface area contributed by atoms with Gasteiger partial charge in [-0.1, -0.05) is 64.1 Å². The second-order valence-corrected chi connectivity index (χ2v) is 7.51. The van der Waals surface area contributed by atoms with Crippen molar-refractivity contribution in [3.05, 3.63) is 64.7 Å². The molecule has 0 aliphatic rings. The SMILES string of the molecule is CCc1ccc(OC)c(CC(CN)c2ccc(C(C)(C)C)cc2)c1. The Morgan fingerprint density at radius 1 is 1.04 bits per heavy atom. The van der Waals surface area contributed by atoms with Crippen LogP contribution in [0.3, 0.4) is 0 Å². The van der Waals surface area contributed by atoms with E-state index in [1.165, 1.54) is 22.3 Å². The van der Waals surface area contributed by atoms with Crippen LogP contribution in [0, 0.1) is 0 Å². The summed E-state index contributed by atoms with van der Waals surface area (Å²) < 4.78 is 5.55. The highest BCUT2D eigenvalue weighted by atomic mass is 16.5. The quantitative estimate of drug-likeness (QED) is 0.825. The maximum Gasteiger partial charge on any atom is 0.122 e. The van der Waals surface area contributed by atoms with Crippen LogP contribution in [0.5, 0.6) is 5.75 Å². The topological polar surface area (TPSA) is 35.2 Å². The number of rotatable bonds is 6. The van der Waals surface area contributed by atoms with E-state index in [1.807, 2.05) is 0 Å². The lowest BCUT2D eigenvalue weighted by Crippen LogP contribution is -2.16. The van der Waals surface area contributed by atoms with Gasteiger partial charge in [0.15, 0.2) is 0 Å². The van der Waals surface area contributed by atoms with Gasteiger partial charge in [-0.25, -0.2) is 0 Å². The largest absolute Gasteiger partial charge is 0.496 e. The standard InChI is InChI=1S/C22H31NO/c1-6-16-7-12-21(24-5)18(13-16)14-19(15-23)17-8-10-20(11-9-17)22(2,3)4/h7-13,19H,6,14-15,23H2,1-5H3. The molecular formula is C22H31NO. The minimum absolute atomic E-state index is 0.176. The molecule has 24 heavy (non-hydrogen) atoms. The maximum absolute atomic E-state index is 6.10. The van der Waals surface area contributed by atoms with Crippen molar-refractivity contribution in [2.24, 2.45) is 5.73 Å². The van der Waals surface area contributed by atoms with Crippen LogP contribution in [0.4, 0.5) is 0 Å². The summed E-state index contributed by atoms with van der Waals surface area (Å²) in [6, 6.07) is 15.4. The fraction of sp³-hybridized carbons (Fsp3) is 0.455. The summed E-state index contributed by atoms with van der Waals surface area (Å²) in [6.07, 6.45) is 1.94. The summed E-state index contributed by atoms with van der Waals surface area (Å²) in [4.78, 5) is 0. The highest BCUT2D eigenvalue weighted by Gasteiger charge is 2.17. The maximum atomic E-state index is 6.10. The molecule has 0 amide bonds. The van der Waals surface area contributed by atoms with Gasteiger partial charge in [-0.05, 0) is 53.1 Å². The van der Waals surface area contributed by atoms with E-state index in [9.17, 15) is 0 Å². The fourth-order valence-electron chi connectivity index (χ4n) is 3.07. The van der Waals surface area contributed by atoms with Gasteiger partial charge in [0.2, 0.25) is 0 Å². The van der Waals surface area contributed by atoms with Crippen molar-refractivity contribution >= 4 is 0 Å². The smallest absolute Gasteiger partial charge is 0.122 e. The van der Waals surface area contributed by atoms with Crippen LogP contribution in [0.15, 0.2) is 42.5 Å². The van der Waals surface area contributed by atoms with Crippen LogP contribution < -0.4 is 10.5 Å². The van der Waals surface area contributed by atoms with E-state index in [2.05, 4.69) is 70.2 Å². The first-order valence-corrected chi connectivity index (χ1v) is 8.85. The van der Waals surface area contributed by atoms with Gasteiger partial charge < -0.3 is 10.5 Å². The summed E-state index contributed by atoms with van der Waals surface area (Å²) in [7, 11) is 1.74. The van der Waals surface area contributed by atoms with Gasteiger partial charge in [0.05, 0.1) is 7.11 Å². The molecule has 130 valence electrons. The Labute approximate surface area is 147 Å². The summed E-state index contributed by atoms with van der Waals surface area (Å²) in [5.74, 6) is 1.26. The zero-order chi connectivity index (χ0) is 17.7. The van der Waals surface area contributed by atoms with Gasteiger partial charge in [0.25, 0.3) is 0 Å². The molecule has 0 aromatic heterocycles. The van der Waals surface area contributed by atoms with Crippen LogP contribution >= 0.6 is 0 Å². The predicted molar refractivity (Wildman–Crippen MR) is 103 cm³/mol. The minimum Gasteiger partial charge on any atom is -0.496 e. The third-order valence-corrected chi connectivity index (χ3v) is 4.75. The Morgan fingerprint density at radius 3 is 2.21 bits per heavy atom. The minimum atomic E-state index is 0.176. The summed E-state index contributed by atoms with van der Waals surface area (Å²) in [5.41, 5.74) is 11.5. The average Bonchev–Trinajstić information content (AvgIpc) is 2.58. The van der Waals surface area contributed by atoms with E-state index in [0.29, 0.717) is 12.5 Å². The zero-order valence-corrected chi connectivity index (χ0v) is 15.7. The Balaban J connectivity index is 2.26. The third kappa shape index (κ3) is 4.39. The van der Waals surface area contributed by atoms with E-state index in [4.69, 9.17) is 10.5 Å². The Kier molecular flexibility index (Phi) is 6.06. The van der Waals surface area contributed by atoms with Crippen molar-refractivity contribution in [1.29, 1.82) is 0 Å². The van der Waals surface area contributed by atoms with E-state index in [1.54, 1.807) is 7.11 Å². The molecular weight excluding hydrogens is 294 g/mol. The number of benzene rings is 2. The summed E-state index contributed by atoms with van der Waals surface area (Å²) in [6.45, 7) is 9.53. The van der Waals surface area contributed by atoms with Crippen LogP contribution in [-0.4, -0.2) is 13.7 Å². The molecule has 0 spiro atoms.